The average Bonchev–Trinajstić information content (AvgIpc) is 2.77. The largest absolute Gasteiger partial charge is 0.493 e. The molecule has 1 aliphatic rings. The van der Waals surface area contributed by atoms with Crippen LogP contribution in [0.5, 0.6) is 5.75 Å². The van der Waals surface area contributed by atoms with E-state index >= 15 is 0 Å². The smallest absolute Gasteiger partial charge is 0.193 e. The van der Waals surface area contributed by atoms with Crippen molar-refractivity contribution < 1.29 is 14.6 Å². The van der Waals surface area contributed by atoms with Crippen molar-refractivity contribution in [3.8, 4) is 5.75 Å². The van der Waals surface area contributed by atoms with Gasteiger partial charge in [-0.15, -0.1) is 0 Å². The minimum absolute atomic E-state index is 0.0351. The first kappa shape index (κ1) is 22.8. The number of benzene rings is 2. The van der Waals surface area contributed by atoms with E-state index in [1.807, 2.05) is 24.3 Å². The van der Waals surface area contributed by atoms with Gasteiger partial charge in [-0.2, -0.15) is 0 Å². The number of ketones is 1. The fourth-order valence-electron chi connectivity index (χ4n) is 3.87. The topological polar surface area (TPSA) is 49.8 Å². The summed E-state index contributed by atoms with van der Waals surface area (Å²) >= 11 is 5.91. The molecule has 0 unspecified atom stereocenters. The van der Waals surface area contributed by atoms with Crippen molar-refractivity contribution in [3.05, 3.63) is 64.7 Å². The number of carbonyl (C=O) groups is 1. The summed E-state index contributed by atoms with van der Waals surface area (Å²) in [7, 11) is 0. The van der Waals surface area contributed by atoms with Gasteiger partial charge in [-0.3, -0.25) is 4.79 Å². The van der Waals surface area contributed by atoms with Crippen LogP contribution < -0.4 is 4.74 Å². The van der Waals surface area contributed by atoms with Crippen molar-refractivity contribution in [2.75, 3.05) is 26.2 Å². The third-order valence-electron chi connectivity index (χ3n) is 5.76. The number of halogens is 1. The molecule has 1 fully saturated rings. The van der Waals surface area contributed by atoms with E-state index in [4.69, 9.17) is 16.3 Å². The molecular weight excluding hydrogens is 398 g/mol. The lowest BCUT2D eigenvalue weighted by Crippen LogP contribution is -2.40. The number of aliphatic hydroxyl groups is 1. The Labute approximate surface area is 184 Å². The zero-order chi connectivity index (χ0) is 21.3. The van der Waals surface area contributed by atoms with Gasteiger partial charge in [-0.25, -0.2) is 0 Å². The third kappa shape index (κ3) is 6.83. The second-order valence-electron chi connectivity index (χ2n) is 8.21. The maximum atomic E-state index is 12.7. The van der Waals surface area contributed by atoms with Gasteiger partial charge >= 0.3 is 0 Å². The predicted molar refractivity (Wildman–Crippen MR) is 122 cm³/mol. The summed E-state index contributed by atoms with van der Waals surface area (Å²) in [4.78, 5) is 15.0. The van der Waals surface area contributed by atoms with E-state index in [1.54, 1.807) is 24.3 Å². The third-order valence-corrected chi connectivity index (χ3v) is 6.01. The minimum Gasteiger partial charge on any atom is -0.493 e. The van der Waals surface area contributed by atoms with Gasteiger partial charge < -0.3 is 14.7 Å². The lowest BCUT2D eigenvalue weighted by Gasteiger charge is -2.33. The molecule has 5 heteroatoms. The molecule has 1 heterocycles. The fourth-order valence-corrected chi connectivity index (χ4v) is 4.00. The Hall–Kier alpha value is -1.88. The molecule has 0 spiro atoms. The van der Waals surface area contributed by atoms with E-state index in [0.29, 0.717) is 28.7 Å². The van der Waals surface area contributed by atoms with Gasteiger partial charge in [0, 0.05) is 22.7 Å². The van der Waals surface area contributed by atoms with E-state index in [2.05, 4.69) is 11.8 Å². The molecule has 1 saturated heterocycles. The first-order chi connectivity index (χ1) is 14.5. The number of piperidine rings is 1. The van der Waals surface area contributed by atoms with Crippen molar-refractivity contribution in [1.82, 2.24) is 4.90 Å². The monoisotopic (exact) mass is 429 g/mol. The highest BCUT2D eigenvalue weighted by molar-refractivity contribution is 6.30. The summed E-state index contributed by atoms with van der Waals surface area (Å²) in [6.45, 7) is 5.60. The number of β-amino-alcohol motifs (C(OH)–C–C–N with tert-alkyl or cyclic N) is 1. The van der Waals surface area contributed by atoms with Crippen LogP contribution in [0.2, 0.25) is 5.02 Å². The molecule has 0 aromatic heterocycles. The molecule has 0 bridgehead atoms. The molecule has 1 atom stereocenters. The van der Waals surface area contributed by atoms with Crippen LogP contribution in [0.3, 0.4) is 0 Å². The van der Waals surface area contributed by atoms with Crippen molar-refractivity contribution in [2.24, 2.45) is 5.92 Å². The van der Waals surface area contributed by atoms with Crippen LogP contribution in [0, 0.1) is 5.92 Å². The van der Waals surface area contributed by atoms with E-state index in [1.165, 1.54) is 0 Å². The number of aliphatic hydroxyl groups excluding tert-OH is 1. The van der Waals surface area contributed by atoms with E-state index in [-0.39, 0.29) is 11.9 Å². The number of ether oxygens (including phenoxy) is 1. The Kier molecular flexibility index (Phi) is 8.74. The highest BCUT2D eigenvalue weighted by Crippen LogP contribution is 2.22. The quantitative estimate of drug-likeness (QED) is 0.526. The maximum Gasteiger partial charge on any atom is 0.193 e. The van der Waals surface area contributed by atoms with E-state index in [9.17, 15) is 9.90 Å². The lowest BCUT2D eigenvalue weighted by atomic mass is 9.97. The number of likely N-dealkylation sites (tertiary alicyclic amines) is 1. The van der Waals surface area contributed by atoms with Crippen LogP contribution in [0.15, 0.2) is 48.5 Å². The van der Waals surface area contributed by atoms with Gasteiger partial charge in [0.05, 0.1) is 12.7 Å². The minimum atomic E-state index is -0.210. The van der Waals surface area contributed by atoms with Crippen LogP contribution in [-0.2, 0) is 0 Å². The van der Waals surface area contributed by atoms with Crippen LogP contribution in [-0.4, -0.2) is 48.1 Å². The molecule has 0 aliphatic carbocycles. The number of hydrogen-bond donors (Lipinski definition) is 1. The summed E-state index contributed by atoms with van der Waals surface area (Å²) in [5.41, 5.74) is 1.23. The van der Waals surface area contributed by atoms with Crippen molar-refractivity contribution in [2.45, 2.75) is 45.1 Å². The molecule has 30 heavy (non-hydrogen) atoms. The van der Waals surface area contributed by atoms with Crippen LogP contribution in [0.25, 0.3) is 0 Å². The van der Waals surface area contributed by atoms with Crippen LogP contribution in [0.4, 0.5) is 0 Å². The Morgan fingerprint density at radius 1 is 1.17 bits per heavy atom. The summed E-state index contributed by atoms with van der Waals surface area (Å²) in [6.07, 6.45) is 5.05. The van der Waals surface area contributed by atoms with Gasteiger partial charge in [0.1, 0.15) is 5.75 Å². The first-order valence-electron chi connectivity index (χ1n) is 11.0. The summed E-state index contributed by atoms with van der Waals surface area (Å²) in [5.74, 6) is 1.20. The molecule has 2 aromatic rings. The number of unbranched alkanes of at least 4 members (excludes halogenated alkanes) is 1. The van der Waals surface area contributed by atoms with Gasteiger partial charge in [-0.05, 0) is 74.7 Å². The molecular formula is C25H32ClNO3. The van der Waals surface area contributed by atoms with Crippen LogP contribution >= 0.6 is 11.6 Å². The lowest BCUT2D eigenvalue weighted by molar-refractivity contribution is 0.0738. The van der Waals surface area contributed by atoms with Gasteiger partial charge in [0.25, 0.3) is 0 Å². The molecule has 0 radical (unpaired) electrons. The second kappa shape index (κ2) is 11.5. The molecule has 162 valence electrons. The Morgan fingerprint density at radius 3 is 2.60 bits per heavy atom. The molecule has 3 rings (SSSR count). The maximum absolute atomic E-state index is 12.7. The first-order valence-corrected chi connectivity index (χ1v) is 11.4. The van der Waals surface area contributed by atoms with E-state index in [0.717, 1.165) is 57.5 Å². The Balaban J connectivity index is 1.46. The number of nitrogens with zero attached hydrogens (tertiary/aromatic N) is 1. The second-order valence-corrected chi connectivity index (χ2v) is 8.65. The zero-order valence-electron chi connectivity index (χ0n) is 17.7. The molecule has 2 aromatic carbocycles. The molecule has 4 nitrogen and oxygen atoms in total. The van der Waals surface area contributed by atoms with Gasteiger partial charge in [0.2, 0.25) is 0 Å². The van der Waals surface area contributed by atoms with Crippen molar-refractivity contribution >= 4 is 17.4 Å². The molecule has 1 aliphatic heterocycles. The van der Waals surface area contributed by atoms with Gasteiger partial charge in [-0.1, -0.05) is 43.5 Å². The molecule has 0 amide bonds. The highest BCUT2D eigenvalue weighted by Gasteiger charge is 2.21. The standard InChI is InChI=1S/C25H32ClNO3/c1-2-3-6-23(28)17-27-14-12-19(13-15-27)18-30-24-7-4-5-21(16-24)25(29)20-8-10-22(26)11-9-20/h4-5,7-11,16,19,23,28H,2-3,6,12-15,17-18H2,1H3/t23-/m1/s1. The van der Waals surface area contributed by atoms with Crippen molar-refractivity contribution in [1.29, 1.82) is 0 Å². The SMILES string of the molecule is CCCC[C@@H](O)CN1CCC(COc2cccc(C(=O)c3ccc(Cl)cc3)c2)CC1. The Morgan fingerprint density at radius 2 is 1.90 bits per heavy atom. The number of carbonyl (C=O) groups excluding carboxylic acids is 1. The van der Waals surface area contributed by atoms with Crippen molar-refractivity contribution in [3.63, 3.8) is 0 Å². The summed E-state index contributed by atoms with van der Waals surface area (Å²) < 4.78 is 6.02. The van der Waals surface area contributed by atoms with Gasteiger partial charge in [0.15, 0.2) is 5.78 Å². The highest BCUT2D eigenvalue weighted by atomic mass is 35.5. The van der Waals surface area contributed by atoms with E-state index < -0.39 is 0 Å². The number of rotatable bonds is 10. The average molecular weight is 430 g/mol. The Bertz CT molecular complexity index is 800. The van der Waals surface area contributed by atoms with Crippen LogP contribution in [0.1, 0.15) is 54.9 Å². The fraction of sp³-hybridized carbons (Fsp3) is 0.480. The zero-order valence-corrected chi connectivity index (χ0v) is 18.5. The predicted octanol–water partition coefficient (Wildman–Crippen LogP) is 5.21. The molecule has 1 N–H and O–H groups in total. The number of hydrogen-bond acceptors (Lipinski definition) is 4. The molecule has 0 saturated carbocycles. The summed E-state index contributed by atoms with van der Waals surface area (Å²) in [5, 5.41) is 10.7. The summed E-state index contributed by atoms with van der Waals surface area (Å²) in [6, 6.07) is 14.3. The normalized spacial score (nSPS) is 16.4.